The lowest BCUT2D eigenvalue weighted by Gasteiger charge is -2.20. The van der Waals surface area contributed by atoms with Gasteiger partial charge in [-0.1, -0.05) is 59.3 Å². The summed E-state index contributed by atoms with van der Waals surface area (Å²) in [5.74, 6) is -0.139. The molecule has 3 nitrogen and oxygen atoms in total. The van der Waals surface area contributed by atoms with Crippen LogP contribution >= 0.6 is 34.7 Å². The number of nitrogens with zero attached hydrogens (tertiary/aromatic N) is 2. The fourth-order valence-electron chi connectivity index (χ4n) is 2.99. The molecular weight excluding hydrogens is 439 g/mol. The molecule has 0 N–H and O–H groups in total. The highest BCUT2D eigenvalue weighted by molar-refractivity contribution is 8.00. The van der Waals surface area contributed by atoms with Crippen molar-refractivity contribution in [2.75, 3.05) is 10.7 Å². The lowest BCUT2D eigenvalue weighted by Crippen LogP contribution is -2.31. The molecule has 0 radical (unpaired) electrons. The van der Waals surface area contributed by atoms with E-state index in [9.17, 15) is 9.18 Å². The van der Waals surface area contributed by atoms with E-state index >= 15 is 0 Å². The highest BCUT2D eigenvalue weighted by atomic mass is 35.5. The number of rotatable bonds is 6. The van der Waals surface area contributed by atoms with Gasteiger partial charge in [-0.25, -0.2) is 9.37 Å². The molecule has 7 heteroatoms. The number of anilines is 1. The molecule has 0 atom stereocenters. The maximum Gasteiger partial charge on any atom is 0.239 e. The fourth-order valence-corrected chi connectivity index (χ4v) is 5.10. The van der Waals surface area contributed by atoms with Crippen molar-refractivity contribution < 1.29 is 9.18 Å². The van der Waals surface area contributed by atoms with Crippen LogP contribution in [0.5, 0.6) is 0 Å². The van der Waals surface area contributed by atoms with E-state index in [0.29, 0.717) is 16.7 Å². The van der Waals surface area contributed by atoms with Gasteiger partial charge in [0.25, 0.3) is 0 Å². The minimum Gasteiger partial charge on any atom is -0.283 e. The van der Waals surface area contributed by atoms with Crippen LogP contribution in [0, 0.1) is 12.7 Å². The first-order valence-electron chi connectivity index (χ1n) is 9.29. The number of fused-ring (bicyclic) bond motifs is 1. The van der Waals surface area contributed by atoms with Crippen LogP contribution in [0.15, 0.2) is 71.6 Å². The van der Waals surface area contributed by atoms with E-state index < -0.39 is 0 Å². The number of benzene rings is 3. The lowest BCUT2D eigenvalue weighted by atomic mass is 10.2. The summed E-state index contributed by atoms with van der Waals surface area (Å²) in [4.78, 5) is 20.5. The Hall–Kier alpha value is -2.41. The summed E-state index contributed by atoms with van der Waals surface area (Å²) in [6.45, 7) is 2.40. The maximum atomic E-state index is 13.2. The third-order valence-corrected chi connectivity index (χ3v) is 7.11. The Morgan fingerprint density at radius 1 is 1.10 bits per heavy atom. The van der Waals surface area contributed by atoms with Crippen molar-refractivity contribution in [1.82, 2.24) is 4.98 Å². The van der Waals surface area contributed by atoms with Crippen molar-refractivity contribution in [3.63, 3.8) is 0 Å². The van der Waals surface area contributed by atoms with Gasteiger partial charge in [0.15, 0.2) is 5.13 Å². The van der Waals surface area contributed by atoms with Crippen LogP contribution in [0.1, 0.15) is 11.1 Å². The van der Waals surface area contributed by atoms with E-state index in [2.05, 4.69) is 0 Å². The topological polar surface area (TPSA) is 33.2 Å². The lowest BCUT2D eigenvalue weighted by molar-refractivity contribution is -0.116. The summed E-state index contributed by atoms with van der Waals surface area (Å²) >= 11 is 9.17. The minimum atomic E-state index is -0.293. The molecule has 0 fully saturated rings. The van der Waals surface area contributed by atoms with Gasteiger partial charge in [-0.3, -0.25) is 9.69 Å². The number of thiazole rings is 1. The third-order valence-electron chi connectivity index (χ3n) is 4.58. The smallest absolute Gasteiger partial charge is 0.239 e. The van der Waals surface area contributed by atoms with Crippen molar-refractivity contribution in [3.8, 4) is 0 Å². The average Bonchev–Trinajstić information content (AvgIpc) is 3.21. The number of amides is 1. The summed E-state index contributed by atoms with van der Waals surface area (Å²) < 4.78 is 14.0. The summed E-state index contributed by atoms with van der Waals surface area (Å²) in [6.07, 6.45) is 0. The number of hydrogen-bond acceptors (Lipinski definition) is 4. The zero-order valence-electron chi connectivity index (χ0n) is 16.1. The van der Waals surface area contributed by atoms with Gasteiger partial charge in [0.05, 0.1) is 27.5 Å². The van der Waals surface area contributed by atoms with E-state index in [0.717, 1.165) is 26.2 Å². The Balaban J connectivity index is 1.64. The van der Waals surface area contributed by atoms with Gasteiger partial charge in [-0.2, -0.15) is 0 Å². The second kappa shape index (κ2) is 9.16. The molecular formula is C23H18ClFN2OS2. The Labute approximate surface area is 187 Å². The SMILES string of the molecule is Cc1ccc(Cl)c2sc(N(Cc3ccccc3)C(=O)CSc3ccc(F)cc3)nc12. The molecule has 0 bridgehead atoms. The van der Waals surface area contributed by atoms with Crippen molar-refractivity contribution in [1.29, 1.82) is 0 Å². The van der Waals surface area contributed by atoms with Crippen LogP contribution < -0.4 is 4.90 Å². The van der Waals surface area contributed by atoms with Crippen molar-refractivity contribution >= 4 is 56.0 Å². The van der Waals surface area contributed by atoms with Gasteiger partial charge in [-0.05, 0) is 48.4 Å². The van der Waals surface area contributed by atoms with E-state index in [1.807, 2.05) is 49.4 Å². The van der Waals surface area contributed by atoms with Gasteiger partial charge >= 0.3 is 0 Å². The zero-order valence-corrected chi connectivity index (χ0v) is 18.5. The molecule has 1 aromatic heterocycles. The second-order valence-corrected chi connectivity index (χ2v) is 9.18. The molecule has 152 valence electrons. The number of thioether (sulfide) groups is 1. The van der Waals surface area contributed by atoms with Crippen LogP contribution in [0.3, 0.4) is 0 Å². The van der Waals surface area contributed by atoms with Crippen LogP contribution in [0.2, 0.25) is 5.02 Å². The van der Waals surface area contributed by atoms with Crippen LogP contribution in [0.4, 0.5) is 9.52 Å². The molecule has 0 saturated heterocycles. The highest BCUT2D eigenvalue weighted by Gasteiger charge is 2.21. The monoisotopic (exact) mass is 456 g/mol. The van der Waals surface area contributed by atoms with Crippen molar-refractivity contribution in [2.45, 2.75) is 18.4 Å². The van der Waals surface area contributed by atoms with Crippen molar-refractivity contribution in [3.05, 3.63) is 88.7 Å². The van der Waals surface area contributed by atoms with Gasteiger partial charge in [0.1, 0.15) is 5.82 Å². The number of halogens is 2. The number of aryl methyl sites for hydroxylation is 1. The highest BCUT2D eigenvalue weighted by Crippen LogP contribution is 2.36. The van der Waals surface area contributed by atoms with Crippen molar-refractivity contribution in [2.24, 2.45) is 0 Å². The quantitative estimate of drug-likeness (QED) is 0.302. The largest absolute Gasteiger partial charge is 0.283 e. The molecule has 3 aromatic carbocycles. The maximum absolute atomic E-state index is 13.2. The first-order chi connectivity index (χ1) is 14.5. The zero-order chi connectivity index (χ0) is 21.1. The average molecular weight is 457 g/mol. The predicted octanol–water partition coefficient (Wildman–Crippen LogP) is 6.72. The molecule has 1 amide bonds. The molecule has 4 rings (SSSR count). The molecule has 30 heavy (non-hydrogen) atoms. The summed E-state index contributed by atoms with van der Waals surface area (Å²) in [5, 5.41) is 1.25. The molecule has 0 unspecified atom stereocenters. The Morgan fingerprint density at radius 2 is 1.83 bits per heavy atom. The molecule has 0 aliphatic rings. The number of carbonyl (C=O) groups is 1. The van der Waals surface area contributed by atoms with Gasteiger partial charge in [0, 0.05) is 4.90 Å². The minimum absolute atomic E-state index is 0.0685. The molecule has 4 aromatic rings. The number of hydrogen-bond donors (Lipinski definition) is 0. The Morgan fingerprint density at radius 3 is 2.53 bits per heavy atom. The molecule has 0 saturated carbocycles. The molecule has 0 spiro atoms. The van der Waals surface area contributed by atoms with Crippen LogP contribution in [-0.4, -0.2) is 16.6 Å². The molecule has 0 aliphatic carbocycles. The van der Waals surface area contributed by atoms with E-state index in [4.69, 9.17) is 16.6 Å². The first-order valence-corrected chi connectivity index (χ1v) is 11.5. The fraction of sp³-hybridized carbons (Fsp3) is 0.130. The van der Waals surface area contributed by atoms with Gasteiger partial charge in [0.2, 0.25) is 5.91 Å². The third kappa shape index (κ3) is 4.67. The normalized spacial score (nSPS) is 11.0. The second-order valence-electron chi connectivity index (χ2n) is 6.75. The standard InChI is InChI=1S/C23H18ClFN2OS2/c1-15-7-12-19(24)22-21(15)26-23(30-22)27(13-16-5-3-2-4-6-16)20(28)14-29-18-10-8-17(25)9-11-18/h2-12H,13-14H2,1H3. The number of carbonyl (C=O) groups excluding carboxylic acids is 1. The van der Waals surface area contributed by atoms with E-state index in [1.54, 1.807) is 17.0 Å². The van der Waals surface area contributed by atoms with Gasteiger partial charge in [-0.15, -0.1) is 11.8 Å². The van der Waals surface area contributed by atoms with E-state index in [-0.39, 0.29) is 17.5 Å². The Kier molecular flexibility index (Phi) is 6.37. The summed E-state index contributed by atoms with van der Waals surface area (Å²) in [7, 11) is 0. The number of aromatic nitrogens is 1. The summed E-state index contributed by atoms with van der Waals surface area (Å²) in [6, 6.07) is 19.7. The van der Waals surface area contributed by atoms with E-state index in [1.165, 1.54) is 35.2 Å². The molecule has 1 heterocycles. The van der Waals surface area contributed by atoms with Crippen LogP contribution in [-0.2, 0) is 11.3 Å². The first kappa shape index (κ1) is 20.8. The summed E-state index contributed by atoms with van der Waals surface area (Å²) in [5.41, 5.74) is 2.85. The molecule has 0 aliphatic heterocycles. The predicted molar refractivity (Wildman–Crippen MR) is 124 cm³/mol. The van der Waals surface area contributed by atoms with Crippen LogP contribution in [0.25, 0.3) is 10.2 Å². The Bertz CT molecular complexity index is 1140. The van der Waals surface area contributed by atoms with Gasteiger partial charge < -0.3 is 0 Å².